The van der Waals surface area contributed by atoms with E-state index in [1.165, 1.54) is 0 Å². The van der Waals surface area contributed by atoms with Crippen molar-refractivity contribution in [3.05, 3.63) is 52.5 Å². The molecule has 2 aromatic carbocycles. The first-order valence-electron chi connectivity index (χ1n) is 8.87. The van der Waals surface area contributed by atoms with Gasteiger partial charge in [0, 0.05) is 22.5 Å². The summed E-state index contributed by atoms with van der Waals surface area (Å²) in [7, 11) is 1.62. The lowest BCUT2D eigenvalue weighted by atomic mass is 9.89. The second kappa shape index (κ2) is 7.80. The first-order chi connectivity index (χ1) is 12.8. The van der Waals surface area contributed by atoms with Crippen molar-refractivity contribution >= 4 is 21.8 Å². The Labute approximate surface area is 168 Å². The van der Waals surface area contributed by atoms with E-state index < -0.39 is 11.7 Å². The Bertz CT molecular complexity index is 819. The molecule has 0 saturated carbocycles. The van der Waals surface area contributed by atoms with E-state index in [9.17, 15) is 4.79 Å². The van der Waals surface area contributed by atoms with Gasteiger partial charge in [-0.15, -0.1) is 0 Å². The fourth-order valence-corrected chi connectivity index (χ4v) is 3.41. The average molecular weight is 434 g/mol. The molecule has 0 aliphatic carbocycles. The molecule has 144 valence electrons. The average Bonchev–Trinajstić information content (AvgIpc) is 2.62. The van der Waals surface area contributed by atoms with Crippen LogP contribution in [0.3, 0.4) is 0 Å². The highest BCUT2D eigenvalue weighted by atomic mass is 79.9. The van der Waals surface area contributed by atoms with E-state index in [0.717, 1.165) is 21.5 Å². The lowest BCUT2D eigenvalue weighted by molar-refractivity contribution is -0.128. The van der Waals surface area contributed by atoms with E-state index in [0.29, 0.717) is 12.2 Å². The molecule has 0 radical (unpaired) electrons. The zero-order valence-electron chi connectivity index (χ0n) is 15.9. The van der Waals surface area contributed by atoms with E-state index in [1.807, 2.05) is 56.3 Å². The molecule has 1 N–H and O–H groups in total. The molecule has 6 heteroatoms. The minimum Gasteiger partial charge on any atom is -0.497 e. The summed E-state index contributed by atoms with van der Waals surface area (Å²) in [4.78, 5) is 12.7. The maximum absolute atomic E-state index is 12.7. The van der Waals surface area contributed by atoms with Crippen LogP contribution in [0.4, 0.5) is 0 Å². The fourth-order valence-electron chi connectivity index (χ4n) is 3.15. The Morgan fingerprint density at radius 1 is 1.22 bits per heavy atom. The van der Waals surface area contributed by atoms with Gasteiger partial charge in [0.25, 0.3) is 5.91 Å². The molecule has 0 saturated heterocycles. The van der Waals surface area contributed by atoms with Crippen molar-refractivity contribution < 1.29 is 19.0 Å². The number of halogens is 1. The zero-order chi connectivity index (χ0) is 19.6. The standard InChI is InChI=1S/C21H24BrNO4/c1-13(26-15-7-5-14(22)6-8-15)20(24)23-18-12-21(2,3)27-19-11-16(25-4)9-10-17(18)19/h5-11,13,18H,12H2,1-4H3,(H,23,24)/t13-,18+/m0/s1. The summed E-state index contributed by atoms with van der Waals surface area (Å²) in [6.07, 6.45) is 0.0575. The summed E-state index contributed by atoms with van der Waals surface area (Å²) < 4.78 is 18.1. The Balaban J connectivity index is 1.74. The third-order valence-electron chi connectivity index (χ3n) is 4.49. The smallest absolute Gasteiger partial charge is 0.261 e. The summed E-state index contributed by atoms with van der Waals surface area (Å²) in [5.41, 5.74) is 0.548. The number of carbonyl (C=O) groups is 1. The van der Waals surface area contributed by atoms with Crippen molar-refractivity contribution in [1.29, 1.82) is 0 Å². The third-order valence-corrected chi connectivity index (χ3v) is 5.02. The number of benzene rings is 2. The molecule has 1 aliphatic rings. The van der Waals surface area contributed by atoms with Crippen molar-refractivity contribution in [1.82, 2.24) is 5.32 Å². The summed E-state index contributed by atoms with van der Waals surface area (Å²) in [6.45, 7) is 5.77. The summed E-state index contributed by atoms with van der Waals surface area (Å²) in [6, 6.07) is 12.9. The Hall–Kier alpha value is -2.21. The highest BCUT2D eigenvalue weighted by Gasteiger charge is 2.35. The second-order valence-electron chi connectivity index (χ2n) is 7.24. The second-order valence-corrected chi connectivity index (χ2v) is 8.16. The van der Waals surface area contributed by atoms with Crippen LogP contribution >= 0.6 is 15.9 Å². The van der Waals surface area contributed by atoms with Crippen LogP contribution in [0.5, 0.6) is 17.2 Å². The largest absolute Gasteiger partial charge is 0.497 e. The minimum atomic E-state index is -0.612. The summed E-state index contributed by atoms with van der Waals surface area (Å²) in [5, 5.41) is 3.11. The SMILES string of the molecule is COc1ccc2c(c1)OC(C)(C)C[C@H]2NC(=O)[C@H](C)Oc1ccc(Br)cc1. The van der Waals surface area contributed by atoms with Crippen LogP contribution in [0.2, 0.25) is 0 Å². The van der Waals surface area contributed by atoms with Crippen LogP contribution < -0.4 is 19.5 Å². The molecule has 3 rings (SSSR count). The normalized spacial score (nSPS) is 18.6. The predicted octanol–water partition coefficient (Wildman–Crippen LogP) is 4.64. The van der Waals surface area contributed by atoms with Crippen molar-refractivity contribution in [2.75, 3.05) is 7.11 Å². The van der Waals surface area contributed by atoms with Gasteiger partial charge in [0.15, 0.2) is 6.10 Å². The van der Waals surface area contributed by atoms with Crippen molar-refractivity contribution in [3.63, 3.8) is 0 Å². The van der Waals surface area contributed by atoms with Gasteiger partial charge in [-0.25, -0.2) is 0 Å². The molecule has 2 aromatic rings. The third kappa shape index (κ3) is 4.75. The number of rotatable bonds is 5. The molecule has 1 amide bonds. The number of fused-ring (bicyclic) bond motifs is 1. The van der Waals surface area contributed by atoms with Gasteiger partial charge in [-0.2, -0.15) is 0 Å². The maximum atomic E-state index is 12.7. The molecular formula is C21H24BrNO4. The number of methoxy groups -OCH3 is 1. The van der Waals surface area contributed by atoms with E-state index in [4.69, 9.17) is 14.2 Å². The number of nitrogens with one attached hydrogen (secondary N) is 1. The van der Waals surface area contributed by atoms with Gasteiger partial charge in [-0.3, -0.25) is 4.79 Å². The molecular weight excluding hydrogens is 410 g/mol. The van der Waals surface area contributed by atoms with Crippen LogP contribution in [0, 0.1) is 0 Å². The molecule has 0 aromatic heterocycles. The van der Waals surface area contributed by atoms with Gasteiger partial charge in [-0.05, 0) is 57.2 Å². The molecule has 0 bridgehead atoms. The van der Waals surface area contributed by atoms with Crippen molar-refractivity contribution in [3.8, 4) is 17.2 Å². The molecule has 1 aliphatic heterocycles. The number of amides is 1. The van der Waals surface area contributed by atoms with E-state index >= 15 is 0 Å². The van der Waals surface area contributed by atoms with Gasteiger partial charge in [-0.1, -0.05) is 15.9 Å². The molecule has 1 heterocycles. The van der Waals surface area contributed by atoms with Crippen LogP contribution in [0.15, 0.2) is 46.9 Å². The van der Waals surface area contributed by atoms with E-state index in [2.05, 4.69) is 21.2 Å². The lowest BCUT2D eigenvalue weighted by Crippen LogP contribution is -2.44. The zero-order valence-corrected chi connectivity index (χ0v) is 17.5. The van der Waals surface area contributed by atoms with Crippen LogP contribution in [0.25, 0.3) is 0 Å². The van der Waals surface area contributed by atoms with Gasteiger partial charge < -0.3 is 19.5 Å². The van der Waals surface area contributed by atoms with Crippen LogP contribution in [-0.4, -0.2) is 24.7 Å². The number of hydrogen-bond donors (Lipinski definition) is 1. The maximum Gasteiger partial charge on any atom is 0.261 e. The fraction of sp³-hybridized carbons (Fsp3) is 0.381. The quantitative estimate of drug-likeness (QED) is 0.745. The van der Waals surface area contributed by atoms with Crippen LogP contribution in [-0.2, 0) is 4.79 Å². The Morgan fingerprint density at radius 2 is 1.89 bits per heavy atom. The molecule has 0 spiro atoms. The van der Waals surface area contributed by atoms with Crippen LogP contribution in [0.1, 0.15) is 38.8 Å². The van der Waals surface area contributed by atoms with Gasteiger partial charge in [0.2, 0.25) is 0 Å². The highest BCUT2D eigenvalue weighted by Crippen LogP contribution is 2.41. The van der Waals surface area contributed by atoms with E-state index in [1.54, 1.807) is 14.0 Å². The summed E-state index contributed by atoms with van der Waals surface area (Å²) in [5.74, 6) is 1.95. The first-order valence-corrected chi connectivity index (χ1v) is 9.66. The van der Waals surface area contributed by atoms with Gasteiger partial charge >= 0.3 is 0 Å². The van der Waals surface area contributed by atoms with Crippen molar-refractivity contribution in [2.24, 2.45) is 0 Å². The van der Waals surface area contributed by atoms with E-state index in [-0.39, 0.29) is 11.9 Å². The molecule has 2 atom stereocenters. The molecule has 27 heavy (non-hydrogen) atoms. The molecule has 5 nitrogen and oxygen atoms in total. The summed E-state index contributed by atoms with van der Waals surface area (Å²) >= 11 is 3.39. The van der Waals surface area contributed by atoms with Gasteiger partial charge in [0.1, 0.15) is 22.8 Å². The lowest BCUT2D eigenvalue weighted by Gasteiger charge is -2.38. The molecule has 0 unspecified atom stereocenters. The first kappa shape index (κ1) is 19.5. The Morgan fingerprint density at radius 3 is 2.56 bits per heavy atom. The minimum absolute atomic E-state index is 0.155. The predicted molar refractivity (Wildman–Crippen MR) is 107 cm³/mol. The van der Waals surface area contributed by atoms with Gasteiger partial charge in [0.05, 0.1) is 13.2 Å². The van der Waals surface area contributed by atoms with Crippen molar-refractivity contribution in [2.45, 2.75) is 44.9 Å². The topological polar surface area (TPSA) is 56.8 Å². The number of hydrogen-bond acceptors (Lipinski definition) is 4. The molecule has 0 fully saturated rings. The number of ether oxygens (including phenoxy) is 3. The monoisotopic (exact) mass is 433 g/mol. The highest BCUT2D eigenvalue weighted by molar-refractivity contribution is 9.10. The Kier molecular flexibility index (Phi) is 5.65. The number of carbonyl (C=O) groups excluding carboxylic acids is 1.